The molecule has 6 rings (SSSR count). The van der Waals surface area contributed by atoms with Crippen LogP contribution in [0.1, 0.15) is 66.2 Å². The number of ether oxygens (including phenoxy) is 1. The number of carboxylic acid groups (broad SMARTS) is 1. The number of fused-ring (bicyclic) bond motifs is 1. The van der Waals surface area contributed by atoms with Crippen LogP contribution < -0.4 is 15.0 Å². The van der Waals surface area contributed by atoms with Crippen LogP contribution in [-0.4, -0.2) is 47.1 Å². The van der Waals surface area contributed by atoms with Gasteiger partial charge < -0.3 is 29.4 Å². The summed E-state index contributed by atoms with van der Waals surface area (Å²) in [7, 11) is 0. The Kier molecular flexibility index (Phi) is 7.00. The van der Waals surface area contributed by atoms with E-state index < -0.39 is 5.97 Å². The Labute approximate surface area is 227 Å². The number of carboxylic acids is 1. The summed E-state index contributed by atoms with van der Waals surface area (Å²) in [5.41, 5.74) is 4.69. The predicted octanol–water partition coefficient (Wildman–Crippen LogP) is 5.93. The molecule has 1 saturated carbocycles. The van der Waals surface area contributed by atoms with Crippen molar-refractivity contribution in [2.24, 2.45) is 0 Å². The van der Waals surface area contributed by atoms with Crippen molar-refractivity contribution in [2.75, 3.05) is 23.3 Å². The van der Waals surface area contributed by atoms with Crippen LogP contribution in [0.5, 0.6) is 5.75 Å². The number of benzene rings is 2. The number of amides is 1. The molecule has 1 saturated heterocycles. The maximum atomic E-state index is 13.5. The monoisotopic (exact) mass is 527 g/mol. The summed E-state index contributed by atoms with van der Waals surface area (Å²) >= 11 is 0. The molecule has 1 aromatic heterocycles. The Morgan fingerprint density at radius 3 is 2.59 bits per heavy atom. The topological polar surface area (TPSA) is 95.2 Å². The van der Waals surface area contributed by atoms with Crippen molar-refractivity contribution in [1.29, 1.82) is 0 Å². The summed E-state index contributed by atoms with van der Waals surface area (Å²) in [4.78, 5) is 28.5. The lowest BCUT2D eigenvalue weighted by Gasteiger charge is -2.37. The number of likely N-dealkylation sites (tertiary alicyclic amines) is 1. The lowest BCUT2D eigenvalue weighted by molar-refractivity contribution is -0.131. The fraction of sp³-hybridized carbons (Fsp3) is 0.355. The van der Waals surface area contributed by atoms with E-state index in [0.717, 1.165) is 35.0 Å². The smallest absolute Gasteiger partial charge is 0.328 e. The minimum atomic E-state index is -0.982. The summed E-state index contributed by atoms with van der Waals surface area (Å²) in [6.07, 6.45) is 13.0. The molecule has 2 aromatic carbocycles. The third kappa shape index (κ3) is 5.37. The fourth-order valence-electron chi connectivity index (χ4n) is 6.02. The van der Waals surface area contributed by atoms with Gasteiger partial charge >= 0.3 is 5.97 Å². The van der Waals surface area contributed by atoms with E-state index in [0.29, 0.717) is 30.4 Å². The Morgan fingerprint density at radius 1 is 1.03 bits per heavy atom. The molecule has 39 heavy (non-hydrogen) atoms. The number of nitrogens with one attached hydrogen (secondary N) is 1. The van der Waals surface area contributed by atoms with E-state index in [4.69, 9.17) is 14.3 Å². The lowest BCUT2D eigenvalue weighted by atomic mass is 9.93. The third-order valence-electron chi connectivity index (χ3n) is 7.95. The molecule has 2 unspecified atom stereocenters. The average molecular weight is 528 g/mol. The van der Waals surface area contributed by atoms with Gasteiger partial charge in [0.05, 0.1) is 30.4 Å². The number of furan rings is 1. The van der Waals surface area contributed by atoms with Gasteiger partial charge in [0.25, 0.3) is 5.91 Å². The van der Waals surface area contributed by atoms with Crippen molar-refractivity contribution >= 4 is 29.3 Å². The van der Waals surface area contributed by atoms with Gasteiger partial charge in [-0.15, -0.1) is 0 Å². The van der Waals surface area contributed by atoms with E-state index in [1.54, 1.807) is 18.6 Å². The van der Waals surface area contributed by atoms with Gasteiger partial charge in [0.15, 0.2) is 0 Å². The number of carbonyl (C=O) groups is 2. The molecule has 0 bridgehead atoms. The van der Waals surface area contributed by atoms with Crippen LogP contribution >= 0.6 is 0 Å². The maximum absolute atomic E-state index is 13.5. The molecule has 2 atom stereocenters. The summed E-state index contributed by atoms with van der Waals surface area (Å²) in [6, 6.07) is 15.8. The molecular formula is C31H33N3O5. The molecule has 2 fully saturated rings. The predicted molar refractivity (Wildman–Crippen MR) is 149 cm³/mol. The number of anilines is 2. The van der Waals surface area contributed by atoms with E-state index in [1.165, 1.54) is 32.1 Å². The Bertz CT molecular complexity index is 1350. The lowest BCUT2D eigenvalue weighted by Crippen LogP contribution is -2.39. The van der Waals surface area contributed by atoms with Gasteiger partial charge in [-0.3, -0.25) is 4.79 Å². The van der Waals surface area contributed by atoms with E-state index in [-0.39, 0.29) is 18.2 Å². The Morgan fingerprint density at radius 2 is 1.85 bits per heavy atom. The van der Waals surface area contributed by atoms with Crippen LogP contribution in [-0.2, 0) is 4.79 Å². The van der Waals surface area contributed by atoms with Gasteiger partial charge in [-0.05, 0) is 60.9 Å². The second-order valence-corrected chi connectivity index (χ2v) is 10.6. The number of hydrogen-bond acceptors (Lipinski definition) is 6. The number of nitrogens with zero attached hydrogens (tertiary/aromatic N) is 2. The van der Waals surface area contributed by atoms with Crippen molar-refractivity contribution in [1.82, 2.24) is 4.90 Å². The van der Waals surface area contributed by atoms with Crippen LogP contribution in [0.4, 0.5) is 11.4 Å². The molecule has 8 heteroatoms. The fourth-order valence-corrected chi connectivity index (χ4v) is 6.02. The summed E-state index contributed by atoms with van der Waals surface area (Å²) in [6.45, 7) is 1.16. The highest BCUT2D eigenvalue weighted by Gasteiger charge is 2.37. The molecule has 3 heterocycles. The number of aliphatic carboxylic acids is 1. The van der Waals surface area contributed by atoms with Crippen LogP contribution in [0.3, 0.4) is 0 Å². The van der Waals surface area contributed by atoms with Crippen LogP contribution in [0.15, 0.2) is 71.6 Å². The van der Waals surface area contributed by atoms with Crippen LogP contribution in [0, 0.1) is 0 Å². The van der Waals surface area contributed by atoms with Gasteiger partial charge in [-0.25, -0.2) is 4.79 Å². The van der Waals surface area contributed by atoms with Crippen molar-refractivity contribution in [3.63, 3.8) is 0 Å². The van der Waals surface area contributed by atoms with E-state index >= 15 is 0 Å². The van der Waals surface area contributed by atoms with E-state index in [2.05, 4.69) is 16.3 Å². The van der Waals surface area contributed by atoms with Gasteiger partial charge in [0, 0.05) is 36.2 Å². The summed E-state index contributed by atoms with van der Waals surface area (Å²) in [5, 5.41) is 12.4. The standard InChI is InChI=1S/C31H33N3O5/c35-29(36)13-8-21-6-10-25(11-7-21)39-26-14-16-33(19-26)31(37)22-9-12-28-27(18-22)32-30(23-15-17-38-20-23)34(28)24-4-2-1-3-5-24/h6-13,15,17-18,20,24,26,30,32H,1-5,14,16,19H2,(H,35,36)/b13-8+. The van der Waals surface area contributed by atoms with Crippen molar-refractivity contribution < 1.29 is 23.8 Å². The summed E-state index contributed by atoms with van der Waals surface area (Å²) < 4.78 is 11.5. The average Bonchev–Trinajstić information content (AvgIpc) is 3.72. The molecule has 202 valence electrons. The van der Waals surface area contributed by atoms with Gasteiger partial charge in [0.2, 0.25) is 0 Å². The largest absolute Gasteiger partial charge is 0.489 e. The molecule has 1 aliphatic carbocycles. The molecular weight excluding hydrogens is 494 g/mol. The first-order chi connectivity index (χ1) is 19.0. The molecule has 2 N–H and O–H groups in total. The molecule has 0 spiro atoms. The van der Waals surface area contributed by atoms with Crippen LogP contribution in [0.25, 0.3) is 6.08 Å². The zero-order valence-corrected chi connectivity index (χ0v) is 21.8. The number of hydrogen-bond donors (Lipinski definition) is 2. The molecule has 0 radical (unpaired) electrons. The number of carbonyl (C=O) groups excluding carboxylic acids is 1. The van der Waals surface area contributed by atoms with Gasteiger partial charge in [-0.1, -0.05) is 31.4 Å². The third-order valence-corrected chi connectivity index (χ3v) is 7.95. The quantitative estimate of drug-likeness (QED) is 0.368. The Hall–Kier alpha value is -4.20. The van der Waals surface area contributed by atoms with E-state index in [9.17, 15) is 9.59 Å². The Balaban J connectivity index is 1.13. The molecule has 8 nitrogen and oxygen atoms in total. The molecule has 3 aliphatic rings. The minimum absolute atomic E-state index is 0.00257. The highest BCUT2D eigenvalue weighted by molar-refractivity contribution is 5.97. The minimum Gasteiger partial charge on any atom is -0.489 e. The second-order valence-electron chi connectivity index (χ2n) is 10.6. The van der Waals surface area contributed by atoms with E-state index in [1.807, 2.05) is 47.4 Å². The van der Waals surface area contributed by atoms with Crippen molar-refractivity contribution in [2.45, 2.75) is 56.8 Å². The first-order valence-corrected chi connectivity index (χ1v) is 13.7. The zero-order chi connectivity index (χ0) is 26.8. The van der Waals surface area contributed by atoms with Gasteiger partial charge in [0.1, 0.15) is 18.0 Å². The van der Waals surface area contributed by atoms with Crippen molar-refractivity contribution in [3.8, 4) is 5.75 Å². The molecule has 1 amide bonds. The van der Waals surface area contributed by atoms with Crippen LogP contribution in [0.2, 0.25) is 0 Å². The SMILES string of the molecule is O=C(O)/C=C/c1ccc(OC2CCN(C(=O)c3ccc4c(c3)NC(c3ccoc3)N4C3CCCCC3)C2)cc1. The second kappa shape index (κ2) is 10.9. The zero-order valence-electron chi connectivity index (χ0n) is 21.8. The first-order valence-electron chi connectivity index (χ1n) is 13.7. The maximum Gasteiger partial charge on any atom is 0.328 e. The normalized spacial score (nSPS) is 21.2. The highest BCUT2D eigenvalue weighted by Crippen LogP contribution is 2.45. The first kappa shape index (κ1) is 25.1. The highest BCUT2D eigenvalue weighted by atomic mass is 16.5. The molecule has 3 aromatic rings. The molecule has 2 aliphatic heterocycles. The number of rotatable bonds is 7. The van der Waals surface area contributed by atoms with Crippen molar-refractivity contribution in [3.05, 3.63) is 83.8 Å². The summed E-state index contributed by atoms with van der Waals surface area (Å²) in [5.74, 6) is -0.267. The van der Waals surface area contributed by atoms with Gasteiger partial charge in [-0.2, -0.15) is 0 Å².